The van der Waals surface area contributed by atoms with Gasteiger partial charge in [0.15, 0.2) is 0 Å². The molecule has 2 N–H and O–H groups in total. The Balaban J connectivity index is 2.69. The summed E-state index contributed by atoms with van der Waals surface area (Å²) in [6.07, 6.45) is 5.14. The summed E-state index contributed by atoms with van der Waals surface area (Å²) in [4.78, 5) is 2.43. The molecule has 0 saturated heterocycles. The Labute approximate surface area is 82.5 Å². The molecule has 2 atom stereocenters. The van der Waals surface area contributed by atoms with Crippen molar-refractivity contribution in [3.8, 4) is 0 Å². The quantitative estimate of drug-likeness (QED) is 0.681. The molecule has 0 bridgehead atoms. The van der Waals surface area contributed by atoms with Crippen LogP contribution in [0.5, 0.6) is 0 Å². The summed E-state index contributed by atoms with van der Waals surface area (Å²) in [6, 6.07) is 0. The van der Waals surface area contributed by atoms with Gasteiger partial charge >= 0.3 is 0 Å². The largest absolute Gasteiger partial charge is 0.313 e. The summed E-state index contributed by atoms with van der Waals surface area (Å²) < 4.78 is 0. The van der Waals surface area contributed by atoms with Gasteiger partial charge in [0.25, 0.3) is 0 Å². The fourth-order valence-electron chi connectivity index (χ4n) is 2.64. The summed E-state index contributed by atoms with van der Waals surface area (Å²) in [5, 5.41) is 0. The Kier molecular flexibility index (Phi) is 3.74. The van der Waals surface area contributed by atoms with Crippen LogP contribution in [0.4, 0.5) is 0 Å². The summed E-state index contributed by atoms with van der Waals surface area (Å²) in [7, 11) is 0. The highest BCUT2D eigenvalue weighted by molar-refractivity contribution is 4.91. The van der Waals surface area contributed by atoms with Gasteiger partial charge in [-0.15, -0.1) is 0 Å². The molecule has 0 aliphatic heterocycles. The molecule has 0 amide bonds. The average Bonchev–Trinajstić information content (AvgIpc) is 2.12. The highest BCUT2D eigenvalue weighted by Crippen LogP contribution is 2.33. The van der Waals surface area contributed by atoms with E-state index in [1.807, 2.05) is 0 Å². The van der Waals surface area contributed by atoms with Crippen LogP contribution in [0, 0.1) is 5.92 Å². The zero-order valence-electron chi connectivity index (χ0n) is 9.34. The predicted molar refractivity (Wildman–Crippen MR) is 57.5 cm³/mol. The van der Waals surface area contributed by atoms with Crippen LogP contribution in [0.3, 0.4) is 0 Å². The van der Waals surface area contributed by atoms with Crippen LogP contribution in [0.1, 0.15) is 46.5 Å². The average molecular weight is 184 g/mol. The van der Waals surface area contributed by atoms with Crippen molar-refractivity contribution in [2.75, 3.05) is 13.1 Å². The third-order valence-electron chi connectivity index (χ3n) is 3.67. The van der Waals surface area contributed by atoms with Crippen molar-refractivity contribution in [2.45, 2.75) is 52.1 Å². The first-order valence-electron chi connectivity index (χ1n) is 5.69. The smallest absolute Gasteiger partial charge is 0.0713 e. The second-order valence-corrected chi connectivity index (χ2v) is 4.31. The minimum absolute atomic E-state index is 0.0122. The van der Waals surface area contributed by atoms with Crippen molar-refractivity contribution in [3.63, 3.8) is 0 Å². The molecule has 1 saturated carbocycles. The number of hydrogen-bond donors (Lipinski definition) is 1. The van der Waals surface area contributed by atoms with E-state index in [0.29, 0.717) is 5.92 Å². The predicted octanol–water partition coefficient (Wildman–Crippen LogP) is 2.19. The van der Waals surface area contributed by atoms with Gasteiger partial charge in [-0.05, 0) is 31.8 Å². The molecule has 2 nitrogen and oxygen atoms in total. The highest BCUT2D eigenvalue weighted by Gasteiger charge is 2.37. The third-order valence-corrected chi connectivity index (χ3v) is 3.67. The van der Waals surface area contributed by atoms with Gasteiger partial charge in [0.2, 0.25) is 0 Å². The van der Waals surface area contributed by atoms with Gasteiger partial charge in [0.05, 0.1) is 5.66 Å². The molecule has 13 heavy (non-hydrogen) atoms. The Morgan fingerprint density at radius 1 is 1.31 bits per heavy atom. The lowest BCUT2D eigenvalue weighted by Gasteiger charge is -2.47. The van der Waals surface area contributed by atoms with Crippen molar-refractivity contribution in [1.29, 1.82) is 0 Å². The van der Waals surface area contributed by atoms with E-state index in [-0.39, 0.29) is 5.66 Å². The van der Waals surface area contributed by atoms with Crippen molar-refractivity contribution in [2.24, 2.45) is 11.7 Å². The van der Waals surface area contributed by atoms with Crippen LogP contribution < -0.4 is 5.73 Å². The fraction of sp³-hybridized carbons (Fsp3) is 1.00. The maximum Gasteiger partial charge on any atom is 0.0713 e. The maximum atomic E-state index is 6.49. The van der Waals surface area contributed by atoms with Gasteiger partial charge in [0, 0.05) is 0 Å². The van der Waals surface area contributed by atoms with Gasteiger partial charge in [0.1, 0.15) is 0 Å². The van der Waals surface area contributed by atoms with Crippen molar-refractivity contribution in [1.82, 2.24) is 4.90 Å². The minimum atomic E-state index is -0.0122. The lowest BCUT2D eigenvalue weighted by molar-refractivity contribution is 0.0188. The molecule has 0 aromatic heterocycles. The van der Waals surface area contributed by atoms with Gasteiger partial charge < -0.3 is 5.73 Å². The van der Waals surface area contributed by atoms with Crippen LogP contribution in [0.2, 0.25) is 0 Å². The van der Waals surface area contributed by atoms with Crippen LogP contribution in [-0.2, 0) is 0 Å². The third kappa shape index (κ3) is 2.05. The van der Waals surface area contributed by atoms with Crippen molar-refractivity contribution >= 4 is 0 Å². The van der Waals surface area contributed by atoms with Crippen LogP contribution in [0.25, 0.3) is 0 Å². The van der Waals surface area contributed by atoms with Gasteiger partial charge in [-0.3, -0.25) is 4.90 Å². The number of hydrogen-bond acceptors (Lipinski definition) is 2. The molecular weight excluding hydrogens is 160 g/mol. The first-order valence-corrected chi connectivity index (χ1v) is 5.69. The number of rotatable bonds is 3. The molecule has 0 heterocycles. The Hall–Kier alpha value is -0.0800. The molecule has 1 aliphatic carbocycles. The molecule has 0 aromatic rings. The minimum Gasteiger partial charge on any atom is -0.313 e. The normalized spacial score (nSPS) is 35.3. The standard InChI is InChI=1S/C11H24N2/c1-4-13(5-2)11(12)9-7-6-8-10(11)3/h10H,4-9,12H2,1-3H3. The summed E-state index contributed by atoms with van der Waals surface area (Å²) >= 11 is 0. The summed E-state index contributed by atoms with van der Waals surface area (Å²) in [5.41, 5.74) is 6.48. The monoisotopic (exact) mass is 184 g/mol. The lowest BCUT2D eigenvalue weighted by Crippen LogP contribution is -2.61. The molecule has 0 spiro atoms. The van der Waals surface area contributed by atoms with Gasteiger partial charge in [-0.25, -0.2) is 0 Å². The highest BCUT2D eigenvalue weighted by atomic mass is 15.3. The first-order chi connectivity index (χ1) is 6.15. The SMILES string of the molecule is CCN(CC)C1(N)CCCCC1C. The molecule has 1 fully saturated rings. The van der Waals surface area contributed by atoms with E-state index in [1.165, 1.54) is 25.7 Å². The molecule has 2 heteroatoms. The van der Waals surface area contributed by atoms with Gasteiger partial charge in [-0.1, -0.05) is 33.6 Å². The van der Waals surface area contributed by atoms with E-state index in [0.717, 1.165) is 13.1 Å². The van der Waals surface area contributed by atoms with E-state index < -0.39 is 0 Å². The molecule has 0 radical (unpaired) electrons. The zero-order chi connectivity index (χ0) is 9.90. The van der Waals surface area contributed by atoms with Crippen LogP contribution in [-0.4, -0.2) is 23.7 Å². The number of nitrogens with zero attached hydrogens (tertiary/aromatic N) is 1. The molecule has 0 aromatic carbocycles. The second kappa shape index (κ2) is 4.43. The Morgan fingerprint density at radius 2 is 1.92 bits per heavy atom. The summed E-state index contributed by atoms with van der Waals surface area (Å²) in [6.45, 7) is 8.88. The van der Waals surface area contributed by atoms with E-state index in [2.05, 4.69) is 25.7 Å². The van der Waals surface area contributed by atoms with Gasteiger partial charge in [-0.2, -0.15) is 0 Å². The molecule has 1 rings (SSSR count). The topological polar surface area (TPSA) is 29.3 Å². The van der Waals surface area contributed by atoms with E-state index in [4.69, 9.17) is 5.73 Å². The second-order valence-electron chi connectivity index (χ2n) is 4.31. The molecular formula is C11H24N2. The molecule has 1 aliphatic rings. The Morgan fingerprint density at radius 3 is 2.38 bits per heavy atom. The number of nitrogens with two attached hydrogens (primary N) is 1. The lowest BCUT2D eigenvalue weighted by atomic mass is 9.79. The van der Waals surface area contributed by atoms with Crippen molar-refractivity contribution in [3.05, 3.63) is 0 Å². The van der Waals surface area contributed by atoms with E-state index in [9.17, 15) is 0 Å². The molecule has 2 unspecified atom stereocenters. The zero-order valence-corrected chi connectivity index (χ0v) is 9.34. The van der Waals surface area contributed by atoms with Crippen LogP contribution in [0.15, 0.2) is 0 Å². The maximum absolute atomic E-state index is 6.49. The molecule has 78 valence electrons. The van der Waals surface area contributed by atoms with Crippen LogP contribution >= 0.6 is 0 Å². The van der Waals surface area contributed by atoms with E-state index in [1.54, 1.807) is 0 Å². The summed E-state index contributed by atoms with van der Waals surface area (Å²) in [5.74, 6) is 0.654. The van der Waals surface area contributed by atoms with Crippen molar-refractivity contribution < 1.29 is 0 Å². The van der Waals surface area contributed by atoms with E-state index >= 15 is 0 Å². The fourth-order valence-corrected chi connectivity index (χ4v) is 2.64. The Bertz CT molecular complexity index is 154. The first kappa shape index (κ1) is 11.0.